The average molecular weight is 484 g/mol. The molecule has 2 N–H and O–H groups in total. The molecule has 0 unspecified atom stereocenters. The summed E-state index contributed by atoms with van der Waals surface area (Å²) >= 11 is 2.93. The number of hydrogen-bond donors (Lipinski definition) is 2. The van der Waals surface area contributed by atoms with Gasteiger partial charge >= 0.3 is 0 Å². The van der Waals surface area contributed by atoms with Gasteiger partial charge in [0.25, 0.3) is 11.8 Å². The number of aryl methyl sites for hydroxylation is 2. The van der Waals surface area contributed by atoms with E-state index in [1.807, 2.05) is 0 Å². The summed E-state index contributed by atoms with van der Waals surface area (Å²) in [5.74, 6) is -0.712. The van der Waals surface area contributed by atoms with Gasteiger partial charge in [0.2, 0.25) is 5.91 Å². The van der Waals surface area contributed by atoms with Crippen molar-refractivity contribution in [2.75, 3.05) is 23.7 Å². The maximum absolute atomic E-state index is 12.6. The molecule has 1 aromatic carbocycles. The number of benzene rings is 1. The summed E-state index contributed by atoms with van der Waals surface area (Å²) in [4.78, 5) is 49.3. The van der Waals surface area contributed by atoms with Crippen LogP contribution in [0.25, 0.3) is 0 Å². The van der Waals surface area contributed by atoms with Gasteiger partial charge in [-0.2, -0.15) is 4.99 Å². The van der Waals surface area contributed by atoms with E-state index >= 15 is 0 Å². The number of anilines is 2. The molecule has 33 heavy (non-hydrogen) atoms. The fourth-order valence-corrected chi connectivity index (χ4v) is 6.37. The molecular formula is C23H25N5O3S2. The fourth-order valence-electron chi connectivity index (χ4n) is 4.21. The summed E-state index contributed by atoms with van der Waals surface area (Å²) < 4.78 is 0. The van der Waals surface area contributed by atoms with Gasteiger partial charge in [-0.25, -0.2) is 4.98 Å². The number of nitrogens with zero attached hydrogens (tertiary/aromatic N) is 3. The van der Waals surface area contributed by atoms with E-state index < -0.39 is 5.25 Å². The molecule has 3 heterocycles. The number of nitrogens with one attached hydrogen (secondary N) is 2. The van der Waals surface area contributed by atoms with E-state index in [-0.39, 0.29) is 24.1 Å². The standard InChI is InChI=1S/C23H25N5O3S2/c29-19(13-18-21(31)27-23(33-18)28-11-3-4-12-28)24-15-9-7-14(8-10-15)20(30)26-22-25-16-5-1-2-6-17(16)32-22/h7-10,18H,1-6,11-13H2,(H,24,29)(H,25,26,30)/t18-/m1/s1. The second-order valence-electron chi connectivity index (χ2n) is 8.41. The first-order chi connectivity index (χ1) is 16.0. The highest BCUT2D eigenvalue weighted by molar-refractivity contribution is 8.15. The summed E-state index contributed by atoms with van der Waals surface area (Å²) in [5, 5.41) is 6.59. The van der Waals surface area contributed by atoms with Gasteiger partial charge < -0.3 is 10.2 Å². The lowest BCUT2D eigenvalue weighted by Gasteiger charge is -2.16. The molecule has 1 saturated heterocycles. The molecular weight excluding hydrogens is 458 g/mol. The van der Waals surface area contributed by atoms with Crippen LogP contribution in [-0.2, 0) is 22.4 Å². The fraction of sp³-hybridized carbons (Fsp3) is 0.435. The molecule has 2 aliphatic heterocycles. The number of hydrogen-bond acceptors (Lipinski definition) is 7. The second-order valence-corrected chi connectivity index (χ2v) is 10.7. The quantitative estimate of drug-likeness (QED) is 0.672. The van der Waals surface area contributed by atoms with Gasteiger partial charge in [-0.1, -0.05) is 11.8 Å². The van der Waals surface area contributed by atoms with Crippen LogP contribution in [-0.4, -0.2) is 51.1 Å². The summed E-state index contributed by atoms with van der Waals surface area (Å²) in [6, 6.07) is 6.72. The Hall–Kier alpha value is -2.72. The van der Waals surface area contributed by atoms with E-state index in [9.17, 15) is 14.4 Å². The maximum Gasteiger partial charge on any atom is 0.262 e. The number of aromatic nitrogens is 1. The Balaban J connectivity index is 1.13. The van der Waals surface area contributed by atoms with Crippen molar-refractivity contribution in [2.45, 2.75) is 50.2 Å². The number of rotatable bonds is 5. The van der Waals surface area contributed by atoms with Crippen molar-refractivity contribution in [3.63, 3.8) is 0 Å². The zero-order valence-corrected chi connectivity index (χ0v) is 19.8. The first-order valence-corrected chi connectivity index (χ1v) is 13.0. The summed E-state index contributed by atoms with van der Waals surface area (Å²) in [6.45, 7) is 1.84. The number of likely N-dealkylation sites (tertiary alicyclic amines) is 1. The van der Waals surface area contributed by atoms with E-state index in [0.29, 0.717) is 16.4 Å². The lowest BCUT2D eigenvalue weighted by Crippen LogP contribution is -2.25. The predicted octanol–water partition coefficient (Wildman–Crippen LogP) is 3.70. The Morgan fingerprint density at radius 2 is 1.79 bits per heavy atom. The van der Waals surface area contributed by atoms with Crippen LogP contribution >= 0.6 is 23.1 Å². The third kappa shape index (κ3) is 5.11. The number of thiazole rings is 1. The maximum atomic E-state index is 12.6. The highest BCUT2D eigenvalue weighted by atomic mass is 32.2. The van der Waals surface area contributed by atoms with E-state index in [2.05, 4.69) is 25.5 Å². The van der Waals surface area contributed by atoms with Gasteiger partial charge in [-0.15, -0.1) is 11.3 Å². The van der Waals surface area contributed by atoms with Crippen molar-refractivity contribution in [3.8, 4) is 0 Å². The molecule has 0 spiro atoms. The van der Waals surface area contributed by atoms with Crippen LogP contribution in [0.4, 0.5) is 10.8 Å². The number of aliphatic imine (C=N–C) groups is 1. The Labute approximate surface area is 200 Å². The molecule has 172 valence electrons. The Kier molecular flexibility index (Phi) is 6.45. The zero-order chi connectivity index (χ0) is 22.8. The topological polar surface area (TPSA) is 104 Å². The first kappa shape index (κ1) is 22.1. The molecule has 0 saturated carbocycles. The molecule has 3 aliphatic rings. The van der Waals surface area contributed by atoms with Crippen LogP contribution in [0.15, 0.2) is 29.3 Å². The van der Waals surface area contributed by atoms with Crippen molar-refractivity contribution in [2.24, 2.45) is 4.99 Å². The van der Waals surface area contributed by atoms with Crippen molar-refractivity contribution >= 4 is 56.8 Å². The molecule has 1 fully saturated rings. The second kappa shape index (κ2) is 9.64. The van der Waals surface area contributed by atoms with Crippen LogP contribution < -0.4 is 10.6 Å². The lowest BCUT2D eigenvalue weighted by molar-refractivity contribution is -0.121. The van der Waals surface area contributed by atoms with Crippen molar-refractivity contribution in [1.29, 1.82) is 0 Å². The largest absolute Gasteiger partial charge is 0.351 e. The number of carbonyl (C=O) groups excluding carboxylic acids is 3. The molecule has 8 nitrogen and oxygen atoms in total. The lowest BCUT2D eigenvalue weighted by atomic mass is 10.0. The summed E-state index contributed by atoms with van der Waals surface area (Å²) in [6.07, 6.45) is 6.63. The number of carbonyl (C=O) groups is 3. The van der Waals surface area contributed by atoms with Crippen molar-refractivity contribution < 1.29 is 14.4 Å². The van der Waals surface area contributed by atoms with Gasteiger partial charge in [-0.05, 0) is 62.8 Å². The molecule has 1 atom stereocenters. The monoisotopic (exact) mass is 483 g/mol. The average Bonchev–Trinajstić information content (AvgIpc) is 3.54. The molecule has 0 bridgehead atoms. The Morgan fingerprint density at radius 3 is 2.55 bits per heavy atom. The molecule has 0 radical (unpaired) electrons. The van der Waals surface area contributed by atoms with Crippen LogP contribution in [0.5, 0.6) is 0 Å². The Morgan fingerprint density at radius 1 is 1.03 bits per heavy atom. The third-order valence-electron chi connectivity index (χ3n) is 5.97. The van der Waals surface area contributed by atoms with E-state index in [1.54, 1.807) is 35.6 Å². The first-order valence-electron chi connectivity index (χ1n) is 11.3. The number of fused-ring (bicyclic) bond motifs is 1. The van der Waals surface area contributed by atoms with E-state index in [1.165, 1.54) is 23.1 Å². The highest BCUT2D eigenvalue weighted by Gasteiger charge is 2.33. The SMILES string of the molecule is O=C(C[C@H]1SC(N2CCCC2)=NC1=O)Nc1ccc(C(=O)Nc2nc3c(s2)CCCC3)cc1. The molecule has 1 aromatic heterocycles. The van der Waals surface area contributed by atoms with Crippen molar-refractivity contribution in [3.05, 3.63) is 40.4 Å². The van der Waals surface area contributed by atoms with Gasteiger partial charge in [0, 0.05) is 35.6 Å². The smallest absolute Gasteiger partial charge is 0.262 e. The van der Waals surface area contributed by atoms with Gasteiger partial charge in [-0.3, -0.25) is 19.7 Å². The minimum Gasteiger partial charge on any atom is -0.351 e. The highest BCUT2D eigenvalue weighted by Crippen LogP contribution is 2.30. The zero-order valence-electron chi connectivity index (χ0n) is 18.1. The predicted molar refractivity (Wildman–Crippen MR) is 131 cm³/mol. The van der Waals surface area contributed by atoms with E-state index in [4.69, 9.17) is 0 Å². The molecule has 1 aliphatic carbocycles. The summed E-state index contributed by atoms with van der Waals surface area (Å²) in [5.41, 5.74) is 2.18. The molecule has 10 heteroatoms. The third-order valence-corrected chi connectivity index (χ3v) is 8.26. The van der Waals surface area contributed by atoms with Crippen LogP contribution in [0.3, 0.4) is 0 Å². The molecule has 5 rings (SSSR count). The van der Waals surface area contributed by atoms with Crippen LogP contribution in [0.2, 0.25) is 0 Å². The minimum atomic E-state index is -0.477. The normalized spacial score (nSPS) is 19.9. The molecule has 2 aromatic rings. The molecule has 3 amide bonds. The number of amidine groups is 1. The van der Waals surface area contributed by atoms with E-state index in [0.717, 1.165) is 56.1 Å². The van der Waals surface area contributed by atoms with Gasteiger partial charge in [0.15, 0.2) is 10.3 Å². The minimum absolute atomic E-state index is 0.0707. The number of thioether (sulfide) groups is 1. The van der Waals surface area contributed by atoms with Crippen LogP contribution in [0.1, 0.15) is 53.0 Å². The van der Waals surface area contributed by atoms with Crippen molar-refractivity contribution in [1.82, 2.24) is 9.88 Å². The Bertz CT molecular complexity index is 1080. The van der Waals surface area contributed by atoms with Gasteiger partial charge in [0.05, 0.1) is 5.69 Å². The van der Waals surface area contributed by atoms with Crippen LogP contribution in [0, 0.1) is 0 Å². The van der Waals surface area contributed by atoms with Gasteiger partial charge in [0.1, 0.15) is 5.25 Å². The number of amides is 3. The summed E-state index contributed by atoms with van der Waals surface area (Å²) in [7, 11) is 0.